The molecule has 36 heavy (non-hydrogen) atoms. The Bertz CT molecular complexity index is 1150. The first-order valence-electron chi connectivity index (χ1n) is 13.5. The minimum absolute atomic E-state index is 0.00975. The Morgan fingerprint density at radius 1 is 0.778 bits per heavy atom. The van der Waals surface area contributed by atoms with Crippen LogP contribution < -0.4 is 0 Å². The molecule has 196 valence electrons. The Morgan fingerprint density at radius 2 is 1.31 bits per heavy atom. The zero-order chi connectivity index (χ0) is 27.1. The highest BCUT2D eigenvalue weighted by Gasteiger charge is 2.42. The van der Waals surface area contributed by atoms with Gasteiger partial charge in [0.25, 0.3) is 0 Å². The molecule has 0 saturated carbocycles. The number of phenols is 1. The van der Waals surface area contributed by atoms with Gasteiger partial charge >= 0.3 is 0 Å². The summed E-state index contributed by atoms with van der Waals surface area (Å²) in [5.74, 6) is 2.74. The number of benzene rings is 3. The van der Waals surface area contributed by atoms with Gasteiger partial charge in [-0.2, -0.15) is 12.6 Å². The largest absolute Gasteiger partial charge is 0.508 e. The van der Waals surface area contributed by atoms with Crippen molar-refractivity contribution >= 4 is 23.4 Å². The number of phenolic OH excluding ortho intramolecular Hbond substituents is 1. The van der Waals surface area contributed by atoms with Crippen molar-refractivity contribution in [1.82, 2.24) is 0 Å². The standard InChI is InChI=1S/C19H24.C15H24OS/c1-12(2)16-14-10-6-8-13-9-7-11-15(17(13)14)18(16)19(3,4)5;1-14(2,3)13(10-15(4,5)17)11-6-8-12(16)9-7-11/h6-12,16,18H,1-5H3;6-9,13,16-17H,10H2,1-5H3. The number of hydrogen-bond acceptors (Lipinski definition) is 2. The van der Waals surface area contributed by atoms with Crippen LogP contribution in [0, 0.1) is 16.7 Å². The normalized spacial score (nSPS) is 18.8. The molecule has 1 aliphatic carbocycles. The first-order chi connectivity index (χ1) is 16.5. The molecule has 0 radical (unpaired) electrons. The SMILES string of the molecule is CC(C)(S)CC(c1ccc(O)cc1)C(C)(C)C.CC(C)C1c2cccc3cccc(c23)C1C(C)(C)C. The summed E-state index contributed by atoms with van der Waals surface area (Å²) in [6.45, 7) is 23.0. The van der Waals surface area contributed by atoms with Crippen LogP contribution in [-0.4, -0.2) is 9.85 Å². The number of rotatable bonds is 4. The van der Waals surface area contributed by atoms with Crippen molar-refractivity contribution in [2.45, 2.75) is 98.2 Å². The second-order valence-electron chi connectivity index (χ2n) is 13.9. The Labute approximate surface area is 226 Å². The van der Waals surface area contributed by atoms with Crippen LogP contribution in [0.15, 0.2) is 60.7 Å². The lowest BCUT2D eigenvalue weighted by Crippen LogP contribution is -2.25. The molecule has 1 nitrogen and oxygen atoms in total. The van der Waals surface area contributed by atoms with E-state index in [-0.39, 0.29) is 10.2 Å². The molecule has 0 bridgehead atoms. The molecule has 0 saturated heterocycles. The van der Waals surface area contributed by atoms with E-state index >= 15 is 0 Å². The van der Waals surface area contributed by atoms with Gasteiger partial charge in [-0.25, -0.2) is 0 Å². The predicted molar refractivity (Wildman–Crippen MR) is 162 cm³/mol. The second kappa shape index (κ2) is 10.4. The van der Waals surface area contributed by atoms with Gasteiger partial charge in [-0.05, 0) is 80.5 Å². The molecule has 0 spiro atoms. The lowest BCUT2D eigenvalue weighted by Gasteiger charge is -2.36. The average Bonchev–Trinajstić information content (AvgIpc) is 3.09. The minimum Gasteiger partial charge on any atom is -0.508 e. The van der Waals surface area contributed by atoms with E-state index in [1.165, 1.54) is 16.3 Å². The smallest absolute Gasteiger partial charge is 0.115 e. The predicted octanol–water partition coefficient (Wildman–Crippen LogP) is 10.3. The van der Waals surface area contributed by atoms with Gasteiger partial charge in [0.05, 0.1) is 0 Å². The maximum atomic E-state index is 9.36. The van der Waals surface area contributed by atoms with Crippen LogP contribution in [0.2, 0.25) is 0 Å². The van der Waals surface area contributed by atoms with Crippen LogP contribution in [0.25, 0.3) is 10.8 Å². The maximum Gasteiger partial charge on any atom is 0.115 e. The third kappa shape index (κ3) is 6.49. The third-order valence-corrected chi connectivity index (χ3v) is 7.90. The molecule has 0 heterocycles. The lowest BCUT2D eigenvalue weighted by molar-refractivity contribution is 0.254. The fourth-order valence-corrected chi connectivity index (χ4v) is 6.37. The summed E-state index contributed by atoms with van der Waals surface area (Å²) in [6, 6.07) is 21.2. The summed E-state index contributed by atoms with van der Waals surface area (Å²) in [5.41, 5.74) is 4.92. The van der Waals surface area contributed by atoms with Crippen molar-refractivity contribution < 1.29 is 5.11 Å². The van der Waals surface area contributed by atoms with Crippen LogP contribution in [-0.2, 0) is 0 Å². The van der Waals surface area contributed by atoms with Gasteiger partial charge < -0.3 is 5.11 Å². The Hall–Kier alpha value is -1.93. The van der Waals surface area contributed by atoms with E-state index in [9.17, 15) is 5.11 Å². The molecule has 1 N–H and O–H groups in total. The van der Waals surface area contributed by atoms with Gasteiger partial charge in [-0.1, -0.05) is 118 Å². The van der Waals surface area contributed by atoms with E-state index in [0.29, 0.717) is 34.8 Å². The molecular weight excluding hydrogens is 456 g/mol. The monoisotopic (exact) mass is 504 g/mol. The molecule has 3 unspecified atom stereocenters. The Morgan fingerprint density at radius 3 is 1.75 bits per heavy atom. The van der Waals surface area contributed by atoms with Crippen LogP contribution in [0.3, 0.4) is 0 Å². The number of aromatic hydroxyl groups is 1. The highest BCUT2D eigenvalue weighted by Crippen LogP contribution is 2.56. The fraction of sp³-hybridized carbons (Fsp3) is 0.529. The maximum absolute atomic E-state index is 9.36. The molecule has 3 atom stereocenters. The highest BCUT2D eigenvalue weighted by molar-refractivity contribution is 7.81. The van der Waals surface area contributed by atoms with E-state index in [1.54, 1.807) is 23.3 Å². The van der Waals surface area contributed by atoms with Crippen molar-refractivity contribution in [3.63, 3.8) is 0 Å². The van der Waals surface area contributed by atoms with E-state index in [4.69, 9.17) is 0 Å². The van der Waals surface area contributed by atoms with Crippen molar-refractivity contribution in [3.05, 3.63) is 77.4 Å². The highest BCUT2D eigenvalue weighted by atomic mass is 32.1. The summed E-state index contributed by atoms with van der Waals surface area (Å²) in [4.78, 5) is 0. The van der Waals surface area contributed by atoms with Gasteiger partial charge in [0.1, 0.15) is 5.75 Å². The first kappa shape index (κ1) is 28.6. The zero-order valence-electron chi connectivity index (χ0n) is 24.2. The van der Waals surface area contributed by atoms with Crippen molar-refractivity contribution in [3.8, 4) is 5.75 Å². The van der Waals surface area contributed by atoms with Crippen LogP contribution >= 0.6 is 12.6 Å². The summed E-state index contributed by atoms with van der Waals surface area (Å²) in [7, 11) is 0. The molecule has 0 aliphatic heterocycles. The molecular formula is C34H48OS. The van der Waals surface area contributed by atoms with Gasteiger partial charge in [0, 0.05) is 4.75 Å². The third-order valence-electron chi connectivity index (χ3n) is 7.72. The van der Waals surface area contributed by atoms with Crippen LogP contribution in [0.5, 0.6) is 5.75 Å². The molecule has 0 aromatic heterocycles. The minimum atomic E-state index is 0.00975. The second-order valence-corrected chi connectivity index (χ2v) is 15.1. The van der Waals surface area contributed by atoms with Crippen molar-refractivity contribution in [2.24, 2.45) is 16.7 Å². The van der Waals surface area contributed by atoms with Crippen LogP contribution in [0.4, 0.5) is 0 Å². The van der Waals surface area contributed by atoms with E-state index < -0.39 is 0 Å². The lowest BCUT2D eigenvalue weighted by atomic mass is 9.68. The Kier molecular flexibility index (Phi) is 8.31. The molecule has 2 heteroatoms. The van der Waals surface area contributed by atoms with Crippen LogP contribution in [0.1, 0.15) is 110 Å². The molecule has 0 fully saturated rings. The topological polar surface area (TPSA) is 20.2 Å². The molecule has 3 aromatic rings. The van der Waals surface area contributed by atoms with Crippen molar-refractivity contribution in [1.29, 1.82) is 0 Å². The summed E-state index contributed by atoms with van der Waals surface area (Å²) < 4.78 is 0.00975. The Balaban J connectivity index is 0.000000202. The molecule has 1 aliphatic rings. The van der Waals surface area contributed by atoms with Gasteiger partial charge in [-0.3, -0.25) is 0 Å². The van der Waals surface area contributed by atoms with Gasteiger partial charge in [0.2, 0.25) is 0 Å². The van der Waals surface area contributed by atoms with Crippen molar-refractivity contribution in [2.75, 3.05) is 0 Å². The zero-order valence-corrected chi connectivity index (χ0v) is 25.1. The molecule has 4 rings (SSSR count). The molecule has 3 aromatic carbocycles. The first-order valence-corrected chi connectivity index (χ1v) is 14.0. The summed E-state index contributed by atoms with van der Waals surface area (Å²) >= 11 is 4.65. The van der Waals surface area contributed by atoms with E-state index in [2.05, 4.69) is 118 Å². The quantitative estimate of drug-likeness (QED) is 0.339. The fourth-order valence-electron chi connectivity index (χ4n) is 6.19. The summed E-state index contributed by atoms with van der Waals surface area (Å²) in [5, 5.41) is 12.3. The van der Waals surface area contributed by atoms with E-state index in [0.717, 1.165) is 6.42 Å². The average molecular weight is 505 g/mol. The van der Waals surface area contributed by atoms with E-state index in [1.807, 2.05) is 12.1 Å². The van der Waals surface area contributed by atoms with Gasteiger partial charge in [-0.15, -0.1) is 0 Å². The molecule has 0 amide bonds. The summed E-state index contributed by atoms with van der Waals surface area (Å²) in [6.07, 6.45) is 1.02. The number of hydrogen-bond donors (Lipinski definition) is 2. The van der Waals surface area contributed by atoms with Gasteiger partial charge in [0.15, 0.2) is 0 Å². The number of thiol groups is 1.